The lowest BCUT2D eigenvalue weighted by atomic mass is 9.96. The van der Waals surface area contributed by atoms with Crippen LogP contribution in [0.15, 0.2) is 0 Å². The highest BCUT2D eigenvalue weighted by atomic mass is 16.5. The van der Waals surface area contributed by atoms with E-state index in [1.165, 1.54) is 0 Å². The lowest BCUT2D eigenvalue weighted by Crippen LogP contribution is -2.49. The summed E-state index contributed by atoms with van der Waals surface area (Å²) in [5.41, 5.74) is 5.45. The third-order valence-electron chi connectivity index (χ3n) is 3.00. The maximum atomic E-state index is 10.9. The Morgan fingerprint density at radius 1 is 1.60 bits per heavy atom. The summed E-state index contributed by atoms with van der Waals surface area (Å²) in [6, 6.07) is -0.520. The SMILES string of the molecule is COCC1CCN(C(CN)C(=O)O)CC1. The number of piperidine rings is 1. The van der Waals surface area contributed by atoms with E-state index >= 15 is 0 Å². The van der Waals surface area contributed by atoms with Gasteiger partial charge in [-0.1, -0.05) is 0 Å². The van der Waals surface area contributed by atoms with Gasteiger partial charge in [-0.2, -0.15) is 0 Å². The molecule has 5 nitrogen and oxygen atoms in total. The van der Waals surface area contributed by atoms with Crippen LogP contribution in [-0.4, -0.2) is 55.4 Å². The minimum absolute atomic E-state index is 0.185. The third kappa shape index (κ3) is 3.44. The summed E-state index contributed by atoms with van der Waals surface area (Å²) in [6.07, 6.45) is 2.00. The standard InChI is InChI=1S/C10H20N2O3/c1-15-7-8-2-4-12(5-3-8)9(6-11)10(13)14/h8-9H,2-7,11H2,1H3,(H,13,14). The summed E-state index contributed by atoms with van der Waals surface area (Å²) in [7, 11) is 1.70. The van der Waals surface area contributed by atoms with E-state index in [9.17, 15) is 4.79 Å². The zero-order valence-corrected chi connectivity index (χ0v) is 9.19. The average Bonchev–Trinajstić information content (AvgIpc) is 2.21. The normalized spacial score (nSPS) is 21.5. The first-order chi connectivity index (χ1) is 7.19. The number of aliphatic carboxylic acids is 1. The highest BCUT2D eigenvalue weighted by Crippen LogP contribution is 2.18. The quantitative estimate of drug-likeness (QED) is 0.663. The molecule has 0 amide bonds. The predicted molar refractivity (Wildman–Crippen MR) is 56.7 cm³/mol. The predicted octanol–water partition coefficient (Wildman–Crippen LogP) is -0.243. The van der Waals surface area contributed by atoms with E-state index in [1.54, 1.807) is 7.11 Å². The number of carbonyl (C=O) groups is 1. The van der Waals surface area contributed by atoms with Crippen molar-refractivity contribution in [2.75, 3.05) is 33.4 Å². The van der Waals surface area contributed by atoms with Crippen molar-refractivity contribution in [1.82, 2.24) is 4.90 Å². The van der Waals surface area contributed by atoms with Crippen molar-refractivity contribution in [3.63, 3.8) is 0 Å². The van der Waals surface area contributed by atoms with Gasteiger partial charge in [0.1, 0.15) is 6.04 Å². The Kier molecular flexibility index (Phi) is 5.01. The summed E-state index contributed by atoms with van der Waals surface area (Å²) >= 11 is 0. The van der Waals surface area contributed by atoms with Crippen molar-refractivity contribution in [3.8, 4) is 0 Å². The fourth-order valence-corrected chi connectivity index (χ4v) is 2.07. The molecule has 0 aromatic rings. The smallest absolute Gasteiger partial charge is 0.322 e. The van der Waals surface area contributed by atoms with E-state index in [2.05, 4.69) is 0 Å². The van der Waals surface area contributed by atoms with Crippen LogP contribution in [0.3, 0.4) is 0 Å². The molecule has 1 unspecified atom stereocenters. The number of carboxylic acid groups (broad SMARTS) is 1. The molecule has 1 aliphatic heterocycles. The van der Waals surface area contributed by atoms with Crippen LogP contribution in [0.4, 0.5) is 0 Å². The molecule has 0 bridgehead atoms. The zero-order valence-electron chi connectivity index (χ0n) is 9.19. The summed E-state index contributed by atoms with van der Waals surface area (Å²) in [5, 5.41) is 8.95. The summed E-state index contributed by atoms with van der Waals surface area (Å²) in [6.45, 7) is 2.57. The number of likely N-dealkylation sites (tertiary alicyclic amines) is 1. The van der Waals surface area contributed by atoms with Gasteiger partial charge in [0.2, 0.25) is 0 Å². The Morgan fingerprint density at radius 3 is 2.60 bits per heavy atom. The highest BCUT2D eigenvalue weighted by Gasteiger charge is 2.28. The summed E-state index contributed by atoms with van der Waals surface area (Å²) < 4.78 is 5.09. The molecule has 3 N–H and O–H groups in total. The molecule has 0 saturated carbocycles. The van der Waals surface area contributed by atoms with Gasteiger partial charge in [0.05, 0.1) is 0 Å². The van der Waals surface area contributed by atoms with Crippen molar-refractivity contribution in [3.05, 3.63) is 0 Å². The monoisotopic (exact) mass is 216 g/mol. The molecule has 0 aliphatic carbocycles. The van der Waals surface area contributed by atoms with Crippen LogP contribution in [0.1, 0.15) is 12.8 Å². The van der Waals surface area contributed by atoms with Crippen molar-refractivity contribution < 1.29 is 14.6 Å². The molecule has 1 aliphatic rings. The van der Waals surface area contributed by atoms with Gasteiger partial charge in [-0.15, -0.1) is 0 Å². The first-order valence-electron chi connectivity index (χ1n) is 5.35. The molecule has 88 valence electrons. The minimum atomic E-state index is -0.817. The number of nitrogens with zero attached hydrogens (tertiary/aromatic N) is 1. The van der Waals surface area contributed by atoms with Gasteiger partial charge in [0, 0.05) is 20.3 Å². The fourth-order valence-electron chi connectivity index (χ4n) is 2.07. The van der Waals surface area contributed by atoms with Crippen LogP contribution in [0.5, 0.6) is 0 Å². The molecule has 5 heteroatoms. The number of rotatable bonds is 5. The van der Waals surface area contributed by atoms with Crippen LogP contribution < -0.4 is 5.73 Å². The molecule has 1 saturated heterocycles. The van der Waals surface area contributed by atoms with E-state index in [-0.39, 0.29) is 6.54 Å². The molecular weight excluding hydrogens is 196 g/mol. The van der Waals surface area contributed by atoms with Crippen LogP contribution in [-0.2, 0) is 9.53 Å². The van der Waals surface area contributed by atoms with Gasteiger partial charge in [-0.25, -0.2) is 0 Å². The van der Waals surface area contributed by atoms with Crippen molar-refractivity contribution >= 4 is 5.97 Å². The largest absolute Gasteiger partial charge is 0.480 e. The van der Waals surface area contributed by atoms with E-state index in [4.69, 9.17) is 15.6 Å². The third-order valence-corrected chi connectivity index (χ3v) is 3.00. The van der Waals surface area contributed by atoms with Crippen LogP contribution >= 0.6 is 0 Å². The summed E-state index contributed by atoms with van der Waals surface area (Å²) in [4.78, 5) is 12.8. The molecule has 1 fully saturated rings. The van der Waals surface area contributed by atoms with E-state index in [0.29, 0.717) is 5.92 Å². The highest BCUT2D eigenvalue weighted by molar-refractivity contribution is 5.73. The molecule has 0 radical (unpaired) electrons. The Labute approximate surface area is 90.2 Å². The fraction of sp³-hybridized carbons (Fsp3) is 0.900. The molecule has 15 heavy (non-hydrogen) atoms. The van der Waals surface area contributed by atoms with Crippen molar-refractivity contribution in [2.24, 2.45) is 11.7 Å². The Balaban J connectivity index is 2.38. The number of ether oxygens (including phenoxy) is 1. The zero-order chi connectivity index (χ0) is 11.3. The lowest BCUT2D eigenvalue weighted by molar-refractivity contribution is -0.143. The molecular formula is C10H20N2O3. The van der Waals surface area contributed by atoms with Gasteiger partial charge >= 0.3 is 5.97 Å². The van der Waals surface area contributed by atoms with Crippen LogP contribution in [0, 0.1) is 5.92 Å². The molecule has 0 spiro atoms. The average molecular weight is 216 g/mol. The molecule has 0 aromatic carbocycles. The van der Waals surface area contributed by atoms with Gasteiger partial charge in [0.25, 0.3) is 0 Å². The number of methoxy groups -OCH3 is 1. The number of hydrogen-bond acceptors (Lipinski definition) is 4. The van der Waals surface area contributed by atoms with Gasteiger partial charge in [0.15, 0.2) is 0 Å². The number of nitrogens with two attached hydrogens (primary N) is 1. The van der Waals surface area contributed by atoms with E-state index in [0.717, 1.165) is 32.5 Å². The molecule has 1 atom stereocenters. The summed E-state index contributed by atoms with van der Waals surface area (Å²) in [5.74, 6) is -0.249. The number of hydrogen-bond donors (Lipinski definition) is 2. The topological polar surface area (TPSA) is 75.8 Å². The van der Waals surface area contributed by atoms with Crippen molar-refractivity contribution in [1.29, 1.82) is 0 Å². The molecule has 1 rings (SSSR count). The Bertz CT molecular complexity index is 203. The first-order valence-corrected chi connectivity index (χ1v) is 5.35. The lowest BCUT2D eigenvalue weighted by Gasteiger charge is -2.34. The molecule has 1 heterocycles. The minimum Gasteiger partial charge on any atom is -0.480 e. The van der Waals surface area contributed by atoms with Crippen LogP contribution in [0.2, 0.25) is 0 Å². The second-order valence-corrected chi connectivity index (χ2v) is 4.02. The van der Waals surface area contributed by atoms with Crippen molar-refractivity contribution in [2.45, 2.75) is 18.9 Å². The second kappa shape index (κ2) is 6.05. The number of carboxylic acids is 1. The van der Waals surface area contributed by atoms with E-state index in [1.807, 2.05) is 4.90 Å². The maximum Gasteiger partial charge on any atom is 0.322 e. The second-order valence-electron chi connectivity index (χ2n) is 4.02. The Hall–Kier alpha value is -0.650. The van der Waals surface area contributed by atoms with Gasteiger partial charge < -0.3 is 15.6 Å². The maximum absolute atomic E-state index is 10.9. The Morgan fingerprint density at radius 2 is 2.20 bits per heavy atom. The van der Waals surface area contributed by atoms with Gasteiger partial charge in [-0.05, 0) is 31.8 Å². The molecule has 0 aromatic heterocycles. The van der Waals surface area contributed by atoms with Crippen LogP contribution in [0.25, 0.3) is 0 Å². The first kappa shape index (κ1) is 12.4. The van der Waals surface area contributed by atoms with E-state index < -0.39 is 12.0 Å². The van der Waals surface area contributed by atoms with Gasteiger partial charge in [-0.3, -0.25) is 9.69 Å².